The van der Waals surface area contributed by atoms with Gasteiger partial charge in [0.25, 0.3) is 0 Å². The summed E-state index contributed by atoms with van der Waals surface area (Å²) in [6.07, 6.45) is 9.04. The minimum Gasteiger partial charge on any atom is -0.486 e. The third kappa shape index (κ3) is 3.78. The molecular weight excluding hydrogens is 314 g/mol. The second-order valence-corrected chi connectivity index (χ2v) is 7.77. The molecule has 1 aromatic rings. The van der Waals surface area contributed by atoms with Crippen LogP contribution < -0.4 is 9.47 Å². The normalized spacial score (nSPS) is 25.5. The third-order valence-electron chi connectivity index (χ3n) is 5.98. The van der Waals surface area contributed by atoms with Gasteiger partial charge in [-0.05, 0) is 62.1 Å². The van der Waals surface area contributed by atoms with Gasteiger partial charge < -0.3 is 14.4 Å². The largest absolute Gasteiger partial charge is 0.486 e. The van der Waals surface area contributed by atoms with Gasteiger partial charge in [0.15, 0.2) is 11.5 Å². The molecule has 25 heavy (non-hydrogen) atoms. The Hall–Kier alpha value is -1.71. The monoisotopic (exact) mass is 343 g/mol. The highest BCUT2D eigenvalue weighted by molar-refractivity contribution is 5.80. The summed E-state index contributed by atoms with van der Waals surface area (Å²) in [7, 11) is 0. The van der Waals surface area contributed by atoms with Crippen LogP contribution in [-0.2, 0) is 11.2 Å². The molecule has 1 aliphatic heterocycles. The average Bonchev–Trinajstić information content (AvgIpc) is 3.47. The number of amides is 1. The SMILES string of the molecule is CCC1CCC(N(C(=O)Cc2ccc3c(c2)OCCO3)C2CC2)CC1. The quantitative estimate of drug-likeness (QED) is 0.812. The number of benzene rings is 1. The van der Waals surface area contributed by atoms with E-state index in [0.717, 1.165) is 23.0 Å². The van der Waals surface area contributed by atoms with Gasteiger partial charge in [0.05, 0.1) is 6.42 Å². The number of carbonyl (C=O) groups is 1. The lowest BCUT2D eigenvalue weighted by atomic mass is 9.83. The van der Waals surface area contributed by atoms with E-state index in [0.29, 0.717) is 37.6 Å². The first-order valence-corrected chi connectivity index (χ1v) is 9.94. The molecule has 2 saturated carbocycles. The Morgan fingerprint density at radius 3 is 2.28 bits per heavy atom. The zero-order valence-corrected chi connectivity index (χ0v) is 15.2. The van der Waals surface area contributed by atoms with Gasteiger partial charge in [0.1, 0.15) is 13.2 Å². The van der Waals surface area contributed by atoms with Gasteiger partial charge in [-0.2, -0.15) is 0 Å². The van der Waals surface area contributed by atoms with E-state index < -0.39 is 0 Å². The van der Waals surface area contributed by atoms with Crippen LogP contribution in [0.15, 0.2) is 18.2 Å². The molecule has 2 fully saturated rings. The van der Waals surface area contributed by atoms with E-state index in [4.69, 9.17) is 9.47 Å². The maximum absolute atomic E-state index is 13.1. The summed E-state index contributed by atoms with van der Waals surface area (Å²) in [5.74, 6) is 2.72. The van der Waals surface area contributed by atoms with Crippen molar-refractivity contribution in [2.45, 2.75) is 70.4 Å². The van der Waals surface area contributed by atoms with E-state index in [-0.39, 0.29) is 0 Å². The van der Waals surface area contributed by atoms with Gasteiger partial charge in [0, 0.05) is 12.1 Å². The number of hydrogen-bond donors (Lipinski definition) is 0. The van der Waals surface area contributed by atoms with E-state index in [1.54, 1.807) is 0 Å². The fourth-order valence-corrected chi connectivity index (χ4v) is 4.35. The number of carbonyl (C=O) groups excluding carboxylic acids is 1. The van der Waals surface area contributed by atoms with Crippen molar-refractivity contribution < 1.29 is 14.3 Å². The third-order valence-corrected chi connectivity index (χ3v) is 5.98. The van der Waals surface area contributed by atoms with Crippen LogP contribution >= 0.6 is 0 Å². The number of nitrogens with zero attached hydrogens (tertiary/aromatic N) is 1. The van der Waals surface area contributed by atoms with Crippen molar-refractivity contribution in [2.24, 2.45) is 5.92 Å². The molecule has 0 radical (unpaired) electrons. The molecule has 0 aromatic heterocycles. The lowest BCUT2D eigenvalue weighted by Crippen LogP contribution is -2.44. The molecule has 136 valence electrons. The zero-order valence-electron chi connectivity index (χ0n) is 15.2. The summed E-state index contributed by atoms with van der Waals surface area (Å²) in [4.78, 5) is 15.3. The molecule has 0 N–H and O–H groups in total. The summed E-state index contributed by atoms with van der Waals surface area (Å²) >= 11 is 0. The first-order chi connectivity index (χ1) is 12.2. The van der Waals surface area contributed by atoms with E-state index >= 15 is 0 Å². The van der Waals surface area contributed by atoms with Crippen LogP contribution in [0.2, 0.25) is 0 Å². The molecule has 1 heterocycles. The van der Waals surface area contributed by atoms with E-state index in [1.807, 2.05) is 18.2 Å². The first-order valence-electron chi connectivity index (χ1n) is 9.94. The fraction of sp³-hybridized carbons (Fsp3) is 0.667. The molecular formula is C21H29NO3. The highest BCUT2D eigenvalue weighted by Crippen LogP contribution is 2.37. The Morgan fingerprint density at radius 2 is 1.64 bits per heavy atom. The molecule has 1 amide bonds. The number of hydrogen-bond acceptors (Lipinski definition) is 3. The Balaban J connectivity index is 1.43. The smallest absolute Gasteiger partial charge is 0.227 e. The van der Waals surface area contributed by atoms with Crippen molar-refractivity contribution in [1.29, 1.82) is 0 Å². The predicted octanol–water partition coefficient (Wildman–Crippen LogP) is 3.96. The molecule has 4 heteroatoms. The second kappa shape index (κ2) is 7.27. The molecule has 0 saturated heterocycles. The van der Waals surface area contributed by atoms with Crippen LogP contribution in [0.4, 0.5) is 0 Å². The summed E-state index contributed by atoms with van der Waals surface area (Å²) in [5.41, 5.74) is 1.03. The van der Waals surface area contributed by atoms with Crippen LogP contribution in [0.1, 0.15) is 57.4 Å². The van der Waals surface area contributed by atoms with Crippen molar-refractivity contribution >= 4 is 5.91 Å². The van der Waals surface area contributed by atoms with Gasteiger partial charge in [-0.25, -0.2) is 0 Å². The van der Waals surface area contributed by atoms with Crippen molar-refractivity contribution in [3.05, 3.63) is 23.8 Å². The molecule has 0 unspecified atom stereocenters. The van der Waals surface area contributed by atoms with Gasteiger partial charge in [-0.3, -0.25) is 4.79 Å². The van der Waals surface area contributed by atoms with Gasteiger partial charge in [0.2, 0.25) is 5.91 Å². The second-order valence-electron chi connectivity index (χ2n) is 7.77. The maximum atomic E-state index is 13.1. The fourth-order valence-electron chi connectivity index (χ4n) is 4.35. The van der Waals surface area contributed by atoms with Gasteiger partial charge >= 0.3 is 0 Å². The average molecular weight is 343 g/mol. The van der Waals surface area contributed by atoms with Crippen molar-refractivity contribution in [1.82, 2.24) is 4.90 Å². The summed E-state index contributed by atoms with van der Waals surface area (Å²) in [5, 5.41) is 0. The van der Waals surface area contributed by atoms with Crippen LogP contribution in [0.25, 0.3) is 0 Å². The lowest BCUT2D eigenvalue weighted by Gasteiger charge is -2.37. The first kappa shape index (κ1) is 16.7. The van der Waals surface area contributed by atoms with E-state index in [1.165, 1.54) is 44.9 Å². The molecule has 4 rings (SSSR count). The molecule has 4 nitrogen and oxygen atoms in total. The van der Waals surface area contributed by atoms with E-state index in [2.05, 4.69) is 11.8 Å². The van der Waals surface area contributed by atoms with Crippen molar-refractivity contribution in [3.8, 4) is 11.5 Å². The predicted molar refractivity (Wildman–Crippen MR) is 97.0 cm³/mol. The molecule has 2 aliphatic carbocycles. The Kier molecular flexibility index (Phi) is 4.87. The Labute approximate surface area is 150 Å². The van der Waals surface area contributed by atoms with Crippen LogP contribution in [0.3, 0.4) is 0 Å². The topological polar surface area (TPSA) is 38.8 Å². The molecule has 0 atom stereocenters. The summed E-state index contributed by atoms with van der Waals surface area (Å²) < 4.78 is 11.2. The highest BCUT2D eigenvalue weighted by Gasteiger charge is 2.38. The Morgan fingerprint density at radius 1 is 1.00 bits per heavy atom. The van der Waals surface area contributed by atoms with Crippen LogP contribution in [0, 0.1) is 5.92 Å². The molecule has 0 spiro atoms. The summed E-state index contributed by atoms with van der Waals surface area (Å²) in [6.45, 7) is 3.47. The molecule has 1 aromatic carbocycles. The standard InChI is InChI=1S/C21H29NO3/c1-2-15-3-6-17(7-4-15)22(18-8-9-18)21(23)14-16-5-10-19-20(13-16)25-12-11-24-19/h5,10,13,15,17-18H,2-4,6-9,11-12,14H2,1H3. The maximum Gasteiger partial charge on any atom is 0.227 e. The van der Waals surface area contributed by atoms with E-state index in [9.17, 15) is 4.79 Å². The van der Waals surface area contributed by atoms with Gasteiger partial charge in [-0.1, -0.05) is 19.4 Å². The highest BCUT2D eigenvalue weighted by atomic mass is 16.6. The van der Waals surface area contributed by atoms with Gasteiger partial charge in [-0.15, -0.1) is 0 Å². The Bertz CT molecular complexity index is 618. The zero-order chi connectivity index (χ0) is 17.2. The minimum absolute atomic E-state index is 0.291. The molecule has 0 bridgehead atoms. The molecule has 3 aliphatic rings. The van der Waals surface area contributed by atoms with Crippen LogP contribution in [0.5, 0.6) is 11.5 Å². The summed E-state index contributed by atoms with van der Waals surface area (Å²) in [6, 6.07) is 6.87. The number of fused-ring (bicyclic) bond motifs is 1. The lowest BCUT2D eigenvalue weighted by molar-refractivity contribution is -0.134. The van der Waals surface area contributed by atoms with Crippen LogP contribution in [-0.4, -0.2) is 36.1 Å². The van der Waals surface area contributed by atoms with Crippen molar-refractivity contribution in [2.75, 3.05) is 13.2 Å². The number of rotatable bonds is 5. The van der Waals surface area contributed by atoms with Crippen molar-refractivity contribution in [3.63, 3.8) is 0 Å². The minimum atomic E-state index is 0.291. The number of ether oxygens (including phenoxy) is 2.